The molecule has 0 radical (unpaired) electrons. The molecule has 0 bridgehead atoms. The van der Waals surface area contributed by atoms with Crippen molar-refractivity contribution in [1.82, 2.24) is 10.1 Å². The molecule has 3 aromatic rings. The zero-order valence-corrected chi connectivity index (χ0v) is 12.9. The normalized spacial score (nSPS) is 12.3. The third-order valence-corrected chi connectivity index (χ3v) is 3.75. The number of rotatable bonds is 3. The summed E-state index contributed by atoms with van der Waals surface area (Å²) in [5.41, 5.74) is 1.57. The molecule has 0 aliphatic carbocycles. The summed E-state index contributed by atoms with van der Waals surface area (Å²) in [4.78, 5) is 4.31. The van der Waals surface area contributed by atoms with Crippen LogP contribution in [0.4, 0.5) is 0 Å². The summed E-state index contributed by atoms with van der Waals surface area (Å²) in [5, 5.41) is 4.45. The molecule has 106 valence electrons. The average molecular weight is 340 g/mol. The highest BCUT2D eigenvalue weighted by Gasteiger charge is 2.19. The Kier molecular flexibility index (Phi) is 4.15. The number of nitrogens with zero attached hydrogens (tertiary/aromatic N) is 2. The van der Waals surface area contributed by atoms with E-state index < -0.39 is 5.38 Å². The molecule has 0 aliphatic heterocycles. The van der Waals surface area contributed by atoms with Gasteiger partial charge in [0.15, 0.2) is 0 Å². The largest absolute Gasteiger partial charge is 0.337 e. The molecule has 2 aromatic carbocycles. The molecule has 0 aliphatic rings. The van der Waals surface area contributed by atoms with Crippen molar-refractivity contribution in [2.75, 3.05) is 0 Å². The van der Waals surface area contributed by atoms with Crippen LogP contribution in [0.3, 0.4) is 0 Å². The predicted molar refractivity (Wildman–Crippen MR) is 83.9 cm³/mol. The molecule has 1 unspecified atom stereocenters. The molecular formula is C15H9Cl3N2O. The summed E-state index contributed by atoms with van der Waals surface area (Å²) in [6.45, 7) is 0. The van der Waals surface area contributed by atoms with Crippen molar-refractivity contribution < 1.29 is 4.52 Å². The van der Waals surface area contributed by atoms with Crippen LogP contribution in [0.2, 0.25) is 10.0 Å². The number of aromatic nitrogens is 2. The number of alkyl halides is 1. The van der Waals surface area contributed by atoms with Gasteiger partial charge in [-0.25, -0.2) is 0 Å². The summed E-state index contributed by atoms with van der Waals surface area (Å²) in [6.07, 6.45) is 0. The van der Waals surface area contributed by atoms with Crippen LogP contribution in [0.1, 0.15) is 16.8 Å². The van der Waals surface area contributed by atoms with Gasteiger partial charge in [-0.3, -0.25) is 0 Å². The van der Waals surface area contributed by atoms with Gasteiger partial charge < -0.3 is 4.52 Å². The van der Waals surface area contributed by atoms with Gasteiger partial charge in [-0.15, -0.1) is 11.6 Å². The second kappa shape index (κ2) is 6.06. The Labute approximate surface area is 136 Å². The summed E-state index contributed by atoms with van der Waals surface area (Å²) < 4.78 is 5.24. The van der Waals surface area contributed by atoms with Crippen LogP contribution in [-0.2, 0) is 0 Å². The maximum atomic E-state index is 6.35. The molecule has 1 heterocycles. The minimum absolute atomic E-state index is 0.328. The van der Waals surface area contributed by atoms with Crippen molar-refractivity contribution in [1.29, 1.82) is 0 Å². The molecule has 0 amide bonds. The van der Waals surface area contributed by atoms with E-state index in [-0.39, 0.29) is 0 Å². The van der Waals surface area contributed by atoms with Crippen molar-refractivity contribution in [3.8, 4) is 11.4 Å². The Morgan fingerprint density at radius 3 is 2.29 bits per heavy atom. The van der Waals surface area contributed by atoms with E-state index in [1.165, 1.54) is 0 Å². The molecule has 0 N–H and O–H groups in total. The number of halogens is 3. The van der Waals surface area contributed by atoms with Crippen LogP contribution in [0.25, 0.3) is 11.4 Å². The first-order chi connectivity index (χ1) is 10.1. The summed E-state index contributed by atoms with van der Waals surface area (Å²) in [5.74, 6) is 0.727. The monoisotopic (exact) mass is 338 g/mol. The third kappa shape index (κ3) is 3.21. The van der Waals surface area contributed by atoms with E-state index in [0.29, 0.717) is 27.3 Å². The van der Waals surface area contributed by atoms with E-state index in [2.05, 4.69) is 10.1 Å². The molecule has 0 saturated carbocycles. The average Bonchev–Trinajstić information content (AvgIpc) is 2.96. The smallest absolute Gasteiger partial charge is 0.249 e. The quantitative estimate of drug-likeness (QED) is 0.602. The lowest BCUT2D eigenvalue weighted by Crippen LogP contribution is -1.93. The Morgan fingerprint density at radius 1 is 0.952 bits per heavy atom. The zero-order chi connectivity index (χ0) is 14.8. The highest BCUT2D eigenvalue weighted by atomic mass is 35.5. The van der Waals surface area contributed by atoms with Gasteiger partial charge in [0, 0.05) is 15.6 Å². The highest BCUT2D eigenvalue weighted by molar-refractivity contribution is 6.35. The molecule has 0 fully saturated rings. The van der Waals surface area contributed by atoms with Gasteiger partial charge in [0.25, 0.3) is 0 Å². The first-order valence-corrected chi connectivity index (χ1v) is 7.32. The Balaban J connectivity index is 1.93. The predicted octanol–water partition coefficient (Wildman–Crippen LogP) is 5.37. The van der Waals surface area contributed by atoms with Crippen molar-refractivity contribution in [2.24, 2.45) is 0 Å². The van der Waals surface area contributed by atoms with Gasteiger partial charge in [0.05, 0.1) is 0 Å². The lowest BCUT2D eigenvalue weighted by molar-refractivity contribution is 0.383. The van der Waals surface area contributed by atoms with Crippen LogP contribution >= 0.6 is 34.8 Å². The van der Waals surface area contributed by atoms with Crippen LogP contribution in [0.5, 0.6) is 0 Å². The number of benzene rings is 2. The first-order valence-electron chi connectivity index (χ1n) is 6.12. The van der Waals surface area contributed by atoms with Crippen LogP contribution < -0.4 is 0 Å². The van der Waals surface area contributed by atoms with Gasteiger partial charge in [0.1, 0.15) is 5.38 Å². The summed E-state index contributed by atoms with van der Waals surface area (Å²) >= 11 is 18.3. The highest BCUT2D eigenvalue weighted by Crippen LogP contribution is 2.30. The molecule has 0 spiro atoms. The van der Waals surface area contributed by atoms with Crippen molar-refractivity contribution in [3.63, 3.8) is 0 Å². The maximum Gasteiger partial charge on any atom is 0.249 e. The van der Waals surface area contributed by atoms with Crippen LogP contribution in [0, 0.1) is 0 Å². The fourth-order valence-electron chi connectivity index (χ4n) is 1.90. The lowest BCUT2D eigenvalue weighted by atomic mass is 10.1. The second-order valence-corrected chi connectivity index (χ2v) is 5.70. The zero-order valence-electron chi connectivity index (χ0n) is 10.6. The Bertz CT molecular complexity index is 738. The van der Waals surface area contributed by atoms with Crippen molar-refractivity contribution >= 4 is 34.8 Å². The minimum atomic E-state index is -0.498. The van der Waals surface area contributed by atoms with E-state index in [4.69, 9.17) is 39.3 Å². The number of hydrogen-bond acceptors (Lipinski definition) is 3. The molecule has 0 saturated heterocycles. The van der Waals surface area contributed by atoms with Crippen molar-refractivity contribution in [3.05, 3.63) is 70.0 Å². The Morgan fingerprint density at radius 2 is 1.62 bits per heavy atom. The van der Waals surface area contributed by atoms with Gasteiger partial charge in [-0.05, 0) is 23.8 Å². The molecule has 3 rings (SSSR count). The molecule has 1 atom stereocenters. The van der Waals surface area contributed by atoms with E-state index in [1.54, 1.807) is 18.2 Å². The lowest BCUT2D eigenvalue weighted by Gasteiger charge is -2.03. The molecular weight excluding hydrogens is 331 g/mol. The molecule has 1 aromatic heterocycles. The first kappa shape index (κ1) is 14.4. The summed E-state index contributed by atoms with van der Waals surface area (Å²) in [7, 11) is 0. The molecule has 3 nitrogen and oxygen atoms in total. The fourth-order valence-corrected chi connectivity index (χ4v) is 2.66. The van der Waals surface area contributed by atoms with Gasteiger partial charge in [-0.1, -0.05) is 58.7 Å². The number of hydrogen-bond donors (Lipinski definition) is 0. The van der Waals surface area contributed by atoms with E-state index in [0.717, 1.165) is 5.56 Å². The van der Waals surface area contributed by atoms with E-state index in [9.17, 15) is 0 Å². The van der Waals surface area contributed by atoms with Gasteiger partial charge in [0.2, 0.25) is 11.7 Å². The SMILES string of the molecule is Clc1cc(Cl)cc(-c2noc(C(Cl)c3ccccc3)n2)c1. The van der Waals surface area contributed by atoms with Crippen molar-refractivity contribution in [2.45, 2.75) is 5.38 Å². The minimum Gasteiger partial charge on any atom is -0.337 e. The van der Waals surface area contributed by atoms with Crippen LogP contribution in [-0.4, -0.2) is 10.1 Å². The third-order valence-electron chi connectivity index (χ3n) is 2.87. The topological polar surface area (TPSA) is 38.9 Å². The van der Waals surface area contributed by atoms with E-state index >= 15 is 0 Å². The van der Waals surface area contributed by atoms with Crippen LogP contribution in [0.15, 0.2) is 53.1 Å². The Hall–Kier alpha value is -1.55. The van der Waals surface area contributed by atoms with Gasteiger partial charge >= 0.3 is 0 Å². The van der Waals surface area contributed by atoms with Gasteiger partial charge in [-0.2, -0.15) is 4.98 Å². The molecule has 21 heavy (non-hydrogen) atoms. The fraction of sp³-hybridized carbons (Fsp3) is 0.0667. The standard InChI is InChI=1S/C15H9Cl3N2O/c16-11-6-10(7-12(17)8-11)14-19-15(21-20-14)13(18)9-4-2-1-3-5-9/h1-8,13H. The maximum absolute atomic E-state index is 6.35. The second-order valence-electron chi connectivity index (χ2n) is 4.39. The molecule has 6 heteroatoms. The summed E-state index contributed by atoms with van der Waals surface area (Å²) in [6, 6.07) is 14.6. The van der Waals surface area contributed by atoms with E-state index in [1.807, 2.05) is 30.3 Å².